The number of benzene rings is 1. The number of aryl methyl sites for hydroxylation is 1. The Morgan fingerprint density at radius 3 is 2.36 bits per heavy atom. The van der Waals surface area contributed by atoms with E-state index in [4.69, 9.17) is 11.6 Å². The van der Waals surface area contributed by atoms with Crippen LogP contribution in [0.1, 0.15) is 41.6 Å². The molecule has 0 N–H and O–H groups in total. The highest BCUT2D eigenvalue weighted by atomic mass is 35.5. The van der Waals surface area contributed by atoms with Crippen LogP contribution in [0.5, 0.6) is 5.75 Å². The quantitative estimate of drug-likeness (QED) is 0.347. The van der Waals surface area contributed by atoms with Crippen LogP contribution in [0.25, 0.3) is 0 Å². The third kappa shape index (κ3) is 7.95. The van der Waals surface area contributed by atoms with Crippen LogP contribution in [0.3, 0.4) is 0 Å². The molecule has 1 saturated heterocycles. The van der Waals surface area contributed by atoms with Gasteiger partial charge in [-0.25, -0.2) is 9.97 Å². The van der Waals surface area contributed by atoms with Crippen LogP contribution in [0, 0.1) is 0 Å². The molecule has 208 valence electrons. The summed E-state index contributed by atoms with van der Waals surface area (Å²) < 4.78 is 42.8. The number of alkyl halides is 3. The summed E-state index contributed by atoms with van der Waals surface area (Å²) >= 11 is 5.93. The maximum Gasteiger partial charge on any atom is 0.573 e. The van der Waals surface area contributed by atoms with Gasteiger partial charge in [-0.05, 0) is 36.2 Å². The lowest BCUT2D eigenvalue weighted by atomic mass is 10.1. The minimum atomic E-state index is -4.77. The number of hydrogen-bond acceptors (Lipinski definition) is 6. The Morgan fingerprint density at radius 1 is 1.03 bits per heavy atom. The second-order valence-electron chi connectivity index (χ2n) is 9.30. The van der Waals surface area contributed by atoms with E-state index >= 15 is 0 Å². The SMILES string of the molecule is CCCCn1cc(CC(=O)Cc2ccc(OC(F)(F)F)cc2)nc1C(=O)N1CCN(c2ccc(Cl)cn2)CC1. The van der Waals surface area contributed by atoms with E-state index in [1.54, 1.807) is 23.4 Å². The van der Waals surface area contributed by atoms with Crippen molar-refractivity contribution in [2.24, 2.45) is 0 Å². The Balaban J connectivity index is 1.38. The van der Waals surface area contributed by atoms with Gasteiger partial charge in [-0.15, -0.1) is 13.2 Å². The molecule has 1 amide bonds. The van der Waals surface area contributed by atoms with E-state index in [9.17, 15) is 22.8 Å². The highest BCUT2D eigenvalue weighted by Crippen LogP contribution is 2.23. The molecule has 0 radical (unpaired) electrons. The van der Waals surface area contributed by atoms with E-state index in [-0.39, 0.29) is 30.3 Å². The number of carbonyl (C=O) groups excluding carboxylic acids is 2. The van der Waals surface area contributed by atoms with Crippen LogP contribution in [0.2, 0.25) is 5.02 Å². The fourth-order valence-corrected chi connectivity index (χ4v) is 4.47. The molecule has 0 saturated carbocycles. The van der Waals surface area contributed by atoms with Gasteiger partial charge in [0.15, 0.2) is 5.82 Å². The molecule has 1 aliphatic rings. The normalized spacial score (nSPS) is 14.0. The number of hydrogen-bond donors (Lipinski definition) is 0. The first-order valence-electron chi connectivity index (χ1n) is 12.7. The number of halogens is 4. The number of unbranched alkanes of at least 4 members (excludes halogenated alkanes) is 1. The zero-order chi connectivity index (χ0) is 28.0. The largest absolute Gasteiger partial charge is 0.573 e. The summed E-state index contributed by atoms with van der Waals surface area (Å²) in [5.74, 6) is 0.412. The van der Waals surface area contributed by atoms with Gasteiger partial charge in [-0.2, -0.15) is 0 Å². The number of pyridine rings is 1. The van der Waals surface area contributed by atoms with Crippen LogP contribution in [0.4, 0.5) is 19.0 Å². The van der Waals surface area contributed by atoms with E-state index in [1.165, 1.54) is 24.3 Å². The molecule has 2 aromatic heterocycles. The molecule has 0 aliphatic carbocycles. The van der Waals surface area contributed by atoms with Gasteiger partial charge in [0.05, 0.1) is 17.1 Å². The van der Waals surface area contributed by atoms with Crippen molar-refractivity contribution in [2.45, 2.75) is 45.5 Å². The number of anilines is 1. The first-order valence-corrected chi connectivity index (χ1v) is 13.1. The van der Waals surface area contributed by atoms with Crippen LogP contribution in [-0.4, -0.2) is 63.7 Å². The topological polar surface area (TPSA) is 80.6 Å². The highest BCUT2D eigenvalue weighted by Gasteiger charge is 2.31. The fourth-order valence-electron chi connectivity index (χ4n) is 4.36. The van der Waals surface area contributed by atoms with E-state index in [0.717, 1.165) is 18.7 Å². The number of Topliss-reactive ketones (excluding diaryl/α,β-unsaturated/α-hetero) is 1. The molecule has 3 aromatic rings. The van der Waals surface area contributed by atoms with Crippen LogP contribution >= 0.6 is 11.6 Å². The number of piperazine rings is 1. The molecule has 0 spiro atoms. The molecule has 3 heterocycles. The number of imidazole rings is 1. The van der Waals surface area contributed by atoms with Crippen LogP contribution in [0.15, 0.2) is 48.8 Å². The number of rotatable bonds is 10. The Labute approximate surface area is 229 Å². The summed E-state index contributed by atoms with van der Waals surface area (Å²) in [7, 11) is 0. The van der Waals surface area contributed by atoms with Gasteiger partial charge in [0.25, 0.3) is 5.91 Å². The summed E-state index contributed by atoms with van der Waals surface area (Å²) in [6.07, 6.45) is 0.389. The predicted octanol–water partition coefficient (Wildman–Crippen LogP) is 4.95. The first-order chi connectivity index (χ1) is 18.6. The summed E-state index contributed by atoms with van der Waals surface area (Å²) in [6, 6.07) is 8.83. The third-order valence-electron chi connectivity index (χ3n) is 6.31. The Kier molecular flexibility index (Phi) is 9.11. The van der Waals surface area contributed by atoms with E-state index in [1.807, 2.05) is 10.6 Å². The van der Waals surface area contributed by atoms with Gasteiger partial charge >= 0.3 is 6.36 Å². The summed E-state index contributed by atoms with van der Waals surface area (Å²) in [5.41, 5.74) is 1.05. The van der Waals surface area contributed by atoms with Crippen molar-refractivity contribution in [3.05, 3.63) is 70.9 Å². The smallest absolute Gasteiger partial charge is 0.406 e. The molecule has 0 bridgehead atoms. The fraction of sp³-hybridized carbons (Fsp3) is 0.407. The van der Waals surface area contributed by atoms with Crippen molar-refractivity contribution in [2.75, 3.05) is 31.1 Å². The molecule has 12 heteroatoms. The van der Waals surface area contributed by atoms with Crippen LogP contribution < -0.4 is 9.64 Å². The van der Waals surface area contributed by atoms with E-state index in [2.05, 4.69) is 26.5 Å². The zero-order valence-electron chi connectivity index (χ0n) is 21.5. The monoisotopic (exact) mass is 563 g/mol. The van der Waals surface area contributed by atoms with Crippen molar-refractivity contribution in [3.63, 3.8) is 0 Å². The molecule has 0 atom stereocenters. The van der Waals surface area contributed by atoms with Gasteiger partial charge in [-0.1, -0.05) is 37.1 Å². The molecule has 4 rings (SSSR count). The third-order valence-corrected chi connectivity index (χ3v) is 6.53. The van der Waals surface area contributed by atoms with Gasteiger partial charge in [0.1, 0.15) is 17.4 Å². The number of ketones is 1. The lowest BCUT2D eigenvalue weighted by Crippen LogP contribution is -2.49. The molecule has 1 aromatic carbocycles. The number of carbonyl (C=O) groups is 2. The second-order valence-corrected chi connectivity index (χ2v) is 9.74. The van der Waals surface area contributed by atoms with Gasteiger partial charge in [0.2, 0.25) is 0 Å². The molecule has 8 nitrogen and oxygen atoms in total. The van der Waals surface area contributed by atoms with E-state index < -0.39 is 6.36 Å². The average molecular weight is 564 g/mol. The van der Waals surface area contributed by atoms with Gasteiger partial charge in [0, 0.05) is 51.5 Å². The maximum absolute atomic E-state index is 13.4. The van der Waals surface area contributed by atoms with Crippen molar-refractivity contribution >= 4 is 29.1 Å². The lowest BCUT2D eigenvalue weighted by Gasteiger charge is -2.35. The van der Waals surface area contributed by atoms with Gasteiger partial charge < -0.3 is 19.1 Å². The molecule has 1 aliphatic heterocycles. The summed E-state index contributed by atoms with van der Waals surface area (Å²) in [5, 5.41) is 0.564. The number of aromatic nitrogens is 3. The van der Waals surface area contributed by atoms with Crippen molar-refractivity contribution < 1.29 is 27.5 Å². The average Bonchev–Trinajstić information content (AvgIpc) is 3.30. The predicted molar refractivity (Wildman–Crippen MR) is 140 cm³/mol. The Bertz CT molecular complexity index is 1270. The van der Waals surface area contributed by atoms with Crippen molar-refractivity contribution in [3.8, 4) is 5.75 Å². The van der Waals surface area contributed by atoms with E-state index in [0.29, 0.717) is 54.8 Å². The minimum Gasteiger partial charge on any atom is -0.406 e. The minimum absolute atomic E-state index is 0.0101. The second kappa shape index (κ2) is 12.5. The van der Waals surface area contributed by atoms with Crippen molar-refractivity contribution in [1.29, 1.82) is 0 Å². The molecule has 39 heavy (non-hydrogen) atoms. The number of amides is 1. The van der Waals surface area contributed by atoms with Crippen LogP contribution in [-0.2, 0) is 24.2 Å². The molecular formula is C27H29ClF3N5O3. The summed E-state index contributed by atoms with van der Waals surface area (Å²) in [4.78, 5) is 38.8. The van der Waals surface area contributed by atoms with Crippen molar-refractivity contribution in [1.82, 2.24) is 19.4 Å². The Morgan fingerprint density at radius 2 is 1.74 bits per heavy atom. The molecular weight excluding hydrogens is 535 g/mol. The lowest BCUT2D eigenvalue weighted by molar-refractivity contribution is -0.274. The number of nitrogens with zero attached hydrogens (tertiary/aromatic N) is 5. The highest BCUT2D eigenvalue weighted by molar-refractivity contribution is 6.30. The maximum atomic E-state index is 13.4. The van der Waals surface area contributed by atoms with Gasteiger partial charge in [-0.3, -0.25) is 9.59 Å². The summed E-state index contributed by atoms with van der Waals surface area (Å²) in [6.45, 7) is 4.91. The Hall–Kier alpha value is -3.60. The molecule has 1 fully saturated rings. The number of ether oxygens (including phenoxy) is 1. The molecule has 0 unspecified atom stereocenters. The standard InChI is InChI=1S/C27H29ClF3N5O3/c1-2-3-10-36-18-21(16-22(37)15-19-4-7-23(8-5-19)39-27(29,30)31)33-25(36)26(38)35-13-11-34(12-14-35)24-9-6-20(28)17-32-24/h4-9,17-18H,2-3,10-16H2,1H3. The zero-order valence-corrected chi connectivity index (χ0v) is 22.2. The first kappa shape index (κ1) is 28.4.